The Morgan fingerprint density at radius 3 is 2.48 bits per heavy atom. The number of hydrogen-bond donors (Lipinski definition) is 1. The Bertz CT molecular complexity index is 1070. The van der Waals surface area contributed by atoms with Crippen LogP contribution in [0.2, 0.25) is 0 Å². The highest BCUT2D eigenvalue weighted by Crippen LogP contribution is 2.27. The molecule has 0 aliphatic carbocycles. The second-order valence-electron chi connectivity index (χ2n) is 6.24. The molecular formula is C19H21N3O4S. The van der Waals surface area contributed by atoms with Gasteiger partial charge in [-0.3, -0.25) is 0 Å². The van der Waals surface area contributed by atoms with Gasteiger partial charge in [0.15, 0.2) is 0 Å². The smallest absolute Gasteiger partial charge is 0.244 e. The molecule has 0 saturated heterocycles. The van der Waals surface area contributed by atoms with Gasteiger partial charge in [0, 0.05) is 5.56 Å². The second kappa shape index (κ2) is 7.50. The van der Waals surface area contributed by atoms with Crippen LogP contribution in [0.25, 0.3) is 11.4 Å². The summed E-state index contributed by atoms with van der Waals surface area (Å²) in [5, 5.41) is 3.93. The normalized spacial score (nSPS) is 11.6. The number of aryl methyl sites for hydroxylation is 3. The maximum atomic E-state index is 12.7. The minimum atomic E-state index is -3.81. The second-order valence-corrected chi connectivity index (χ2v) is 7.97. The summed E-state index contributed by atoms with van der Waals surface area (Å²) in [6.07, 6.45) is 0. The number of hydrogen-bond acceptors (Lipinski definition) is 6. The molecule has 1 aromatic heterocycles. The van der Waals surface area contributed by atoms with Gasteiger partial charge in [-0.15, -0.1) is 0 Å². The van der Waals surface area contributed by atoms with Gasteiger partial charge in [-0.1, -0.05) is 29.4 Å². The van der Waals surface area contributed by atoms with Crippen LogP contribution in [-0.2, 0) is 16.6 Å². The van der Waals surface area contributed by atoms with Crippen molar-refractivity contribution >= 4 is 10.0 Å². The van der Waals surface area contributed by atoms with Crippen LogP contribution in [0.4, 0.5) is 0 Å². The van der Waals surface area contributed by atoms with Gasteiger partial charge in [0.2, 0.25) is 21.7 Å². The van der Waals surface area contributed by atoms with Crippen molar-refractivity contribution in [1.82, 2.24) is 14.9 Å². The van der Waals surface area contributed by atoms with E-state index in [1.165, 1.54) is 7.11 Å². The number of methoxy groups -OCH3 is 1. The molecule has 1 N–H and O–H groups in total. The third kappa shape index (κ3) is 4.01. The molecule has 0 unspecified atom stereocenters. The Kier molecular flexibility index (Phi) is 5.29. The first-order valence-corrected chi connectivity index (χ1v) is 9.83. The predicted molar refractivity (Wildman–Crippen MR) is 101 cm³/mol. The summed E-state index contributed by atoms with van der Waals surface area (Å²) in [7, 11) is -2.37. The van der Waals surface area contributed by atoms with Gasteiger partial charge >= 0.3 is 0 Å². The van der Waals surface area contributed by atoms with E-state index < -0.39 is 10.0 Å². The molecule has 0 atom stereocenters. The summed E-state index contributed by atoms with van der Waals surface area (Å²) in [5.74, 6) is 0.891. The molecule has 3 aromatic rings. The lowest BCUT2D eigenvalue weighted by molar-refractivity contribution is 0.375. The van der Waals surface area contributed by atoms with E-state index in [0.29, 0.717) is 5.82 Å². The highest BCUT2D eigenvalue weighted by atomic mass is 32.2. The average Bonchev–Trinajstić information content (AvgIpc) is 3.11. The molecule has 0 fully saturated rings. The third-order valence-corrected chi connectivity index (χ3v) is 5.76. The molecule has 0 amide bonds. The Hall–Kier alpha value is -2.71. The van der Waals surface area contributed by atoms with Crippen LogP contribution < -0.4 is 9.46 Å². The fourth-order valence-electron chi connectivity index (χ4n) is 2.63. The summed E-state index contributed by atoms with van der Waals surface area (Å²) in [6.45, 7) is 5.57. The zero-order valence-electron chi connectivity index (χ0n) is 15.6. The molecule has 0 bridgehead atoms. The van der Waals surface area contributed by atoms with Gasteiger partial charge in [0.1, 0.15) is 10.6 Å². The van der Waals surface area contributed by atoms with Crippen LogP contribution in [0, 0.1) is 20.8 Å². The fraction of sp³-hybridized carbons (Fsp3) is 0.263. The van der Waals surface area contributed by atoms with Crippen molar-refractivity contribution in [2.45, 2.75) is 32.2 Å². The third-order valence-electron chi connectivity index (χ3n) is 4.34. The quantitative estimate of drug-likeness (QED) is 0.698. The number of nitrogens with zero attached hydrogens (tertiary/aromatic N) is 2. The van der Waals surface area contributed by atoms with Gasteiger partial charge in [-0.05, 0) is 49.6 Å². The number of nitrogens with one attached hydrogen (secondary N) is 1. The van der Waals surface area contributed by atoms with E-state index in [1.54, 1.807) is 12.1 Å². The van der Waals surface area contributed by atoms with Gasteiger partial charge in [0.25, 0.3) is 0 Å². The maximum Gasteiger partial charge on any atom is 0.244 e. The molecule has 27 heavy (non-hydrogen) atoms. The lowest BCUT2D eigenvalue weighted by Gasteiger charge is -2.12. The van der Waals surface area contributed by atoms with E-state index in [0.717, 1.165) is 22.3 Å². The van der Waals surface area contributed by atoms with Crippen molar-refractivity contribution in [2.75, 3.05) is 7.11 Å². The lowest BCUT2D eigenvalue weighted by Crippen LogP contribution is -2.24. The van der Waals surface area contributed by atoms with Gasteiger partial charge in [0.05, 0.1) is 13.7 Å². The molecule has 0 aliphatic heterocycles. The number of aromatic nitrogens is 2. The van der Waals surface area contributed by atoms with Gasteiger partial charge in [-0.25, -0.2) is 13.1 Å². The number of benzene rings is 2. The topological polar surface area (TPSA) is 94.3 Å². The molecule has 7 nitrogen and oxygen atoms in total. The van der Waals surface area contributed by atoms with Crippen LogP contribution in [0.15, 0.2) is 45.8 Å². The SMILES string of the molecule is COc1cc(C)c(C)cc1S(=O)(=O)NCc1nc(-c2ccccc2C)no1. The van der Waals surface area contributed by atoms with E-state index in [2.05, 4.69) is 14.9 Å². The number of rotatable bonds is 6. The summed E-state index contributed by atoms with van der Waals surface area (Å²) in [4.78, 5) is 4.35. The standard InChI is InChI=1S/C19H21N3O4S/c1-12-7-5-6-8-15(12)19-21-18(26-22-19)11-20-27(23,24)17-10-14(3)13(2)9-16(17)25-4/h5-10,20H,11H2,1-4H3. The summed E-state index contributed by atoms with van der Waals surface area (Å²) in [5.41, 5.74) is 3.65. The Morgan fingerprint density at radius 1 is 1.07 bits per heavy atom. The minimum Gasteiger partial charge on any atom is -0.495 e. The first kappa shape index (κ1) is 19.1. The molecule has 0 aliphatic rings. The van der Waals surface area contributed by atoms with E-state index in [9.17, 15) is 8.42 Å². The minimum absolute atomic E-state index is 0.0757. The lowest BCUT2D eigenvalue weighted by atomic mass is 10.1. The fourth-order valence-corrected chi connectivity index (χ4v) is 3.84. The predicted octanol–water partition coefficient (Wildman–Crippen LogP) is 3.15. The summed E-state index contributed by atoms with van der Waals surface area (Å²) >= 11 is 0. The van der Waals surface area contributed by atoms with Gasteiger partial charge in [-0.2, -0.15) is 4.98 Å². The highest BCUT2D eigenvalue weighted by Gasteiger charge is 2.22. The van der Waals surface area contributed by atoms with E-state index in [-0.39, 0.29) is 23.1 Å². The van der Waals surface area contributed by atoms with Crippen molar-refractivity contribution in [1.29, 1.82) is 0 Å². The molecule has 142 valence electrons. The van der Waals surface area contributed by atoms with Crippen molar-refractivity contribution in [3.05, 3.63) is 59.0 Å². The summed E-state index contributed by atoms with van der Waals surface area (Å²) in [6, 6.07) is 10.9. The summed E-state index contributed by atoms with van der Waals surface area (Å²) < 4.78 is 38.3. The Balaban J connectivity index is 1.81. The molecule has 0 spiro atoms. The Labute approximate surface area is 158 Å². The zero-order valence-corrected chi connectivity index (χ0v) is 16.4. The average molecular weight is 387 g/mol. The van der Waals surface area contributed by atoms with Crippen molar-refractivity contribution in [3.63, 3.8) is 0 Å². The molecule has 1 heterocycles. The van der Waals surface area contributed by atoms with Crippen LogP contribution in [-0.4, -0.2) is 25.7 Å². The number of sulfonamides is 1. The van der Waals surface area contributed by atoms with Crippen molar-refractivity contribution < 1.29 is 17.7 Å². The van der Waals surface area contributed by atoms with Crippen LogP contribution in [0.1, 0.15) is 22.6 Å². The molecule has 0 saturated carbocycles. The van der Waals surface area contributed by atoms with Crippen LogP contribution in [0.5, 0.6) is 5.75 Å². The van der Waals surface area contributed by atoms with Crippen LogP contribution >= 0.6 is 0 Å². The number of ether oxygens (including phenoxy) is 1. The molecule has 3 rings (SSSR count). The molecule has 2 aromatic carbocycles. The first-order chi connectivity index (χ1) is 12.8. The largest absolute Gasteiger partial charge is 0.495 e. The van der Waals surface area contributed by atoms with Crippen molar-refractivity contribution in [2.24, 2.45) is 0 Å². The van der Waals surface area contributed by atoms with Crippen molar-refractivity contribution in [3.8, 4) is 17.1 Å². The maximum absolute atomic E-state index is 12.7. The molecular weight excluding hydrogens is 366 g/mol. The Morgan fingerprint density at radius 2 is 1.78 bits per heavy atom. The van der Waals surface area contributed by atoms with Gasteiger partial charge < -0.3 is 9.26 Å². The monoisotopic (exact) mass is 387 g/mol. The van der Waals surface area contributed by atoms with Crippen LogP contribution in [0.3, 0.4) is 0 Å². The first-order valence-electron chi connectivity index (χ1n) is 8.35. The van der Waals surface area contributed by atoms with E-state index in [4.69, 9.17) is 9.26 Å². The highest BCUT2D eigenvalue weighted by molar-refractivity contribution is 7.89. The van der Waals surface area contributed by atoms with E-state index in [1.807, 2.05) is 45.0 Å². The molecule has 8 heteroatoms. The zero-order chi connectivity index (χ0) is 19.6. The molecule has 0 radical (unpaired) electrons. The van der Waals surface area contributed by atoms with E-state index >= 15 is 0 Å².